The molecule has 0 unspecified atom stereocenters. The quantitative estimate of drug-likeness (QED) is 0.133. The lowest BCUT2D eigenvalue weighted by Crippen LogP contribution is -1.85. The van der Waals surface area contributed by atoms with Crippen LogP contribution in [0.25, 0.3) is 0 Å². The van der Waals surface area contributed by atoms with E-state index in [1.165, 1.54) is 81.2 Å². The average molecular weight is 989 g/mol. The molecule has 0 fully saturated rings. The van der Waals surface area contributed by atoms with Gasteiger partial charge in [0.2, 0.25) is 0 Å². The van der Waals surface area contributed by atoms with Gasteiger partial charge in [0.15, 0.2) is 0 Å². The van der Waals surface area contributed by atoms with E-state index in [2.05, 4.69) is 106 Å². The van der Waals surface area contributed by atoms with Gasteiger partial charge in [0, 0.05) is 20.1 Å². The molecule has 0 radical (unpaired) electrons. The fraction of sp³-hybridized carbons (Fsp3) is 0.263. The minimum absolute atomic E-state index is 0. The summed E-state index contributed by atoms with van der Waals surface area (Å²) in [6.07, 6.45) is 0. The molecule has 64 heavy (non-hydrogen) atoms. The van der Waals surface area contributed by atoms with E-state index in [1.807, 2.05) is 55.5 Å². The van der Waals surface area contributed by atoms with Crippen molar-refractivity contribution in [3.8, 4) is 0 Å². The molecule has 0 spiro atoms. The van der Waals surface area contributed by atoms with E-state index in [4.69, 9.17) is 23.2 Å². The number of rotatable bonds is 0. The second-order valence-corrected chi connectivity index (χ2v) is 14.8. The van der Waals surface area contributed by atoms with E-state index in [-0.39, 0.29) is 61.8 Å². The number of halogens is 7. The van der Waals surface area contributed by atoms with Gasteiger partial charge in [-0.15, -0.1) is 0 Å². The maximum atomic E-state index is 12.3. The summed E-state index contributed by atoms with van der Waals surface area (Å²) in [5, 5.41) is 1.28. The van der Waals surface area contributed by atoms with Gasteiger partial charge in [0.05, 0.1) is 0 Å². The maximum Gasteiger partial charge on any atom is 0.129 e. The molecule has 0 heterocycles. The molecule has 0 aliphatic heterocycles. The highest BCUT2D eigenvalue weighted by Crippen LogP contribution is 2.14. The number of hydrogen-bond acceptors (Lipinski definition) is 0. The van der Waals surface area contributed by atoms with Gasteiger partial charge in [0.1, 0.15) is 23.3 Å². The molecular weight excluding hydrogens is 911 g/mol. The molecular formula is C57H77BrCl2F4. The summed E-state index contributed by atoms with van der Waals surface area (Å²) in [5.41, 5.74) is 10.1. The van der Waals surface area contributed by atoms with Crippen molar-refractivity contribution in [3.63, 3.8) is 0 Å². The van der Waals surface area contributed by atoms with Crippen molar-refractivity contribution in [3.05, 3.63) is 246 Å². The van der Waals surface area contributed by atoms with Crippen LogP contribution in [0.2, 0.25) is 10.0 Å². The van der Waals surface area contributed by atoms with Gasteiger partial charge >= 0.3 is 0 Å². The van der Waals surface area contributed by atoms with Crippen LogP contribution in [-0.2, 0) is 0 Å². The van der Waals surface area contributed by atoms with Gasteiger partial charge in [-0.05, 0) is 155 Å². The molecule has 7 heteroatoms. The number of hydrogen-bond donors (Lipinski definition) is 0. The standard InChI is InChI=1S/C9H12.C8H10.C7H7Br.C7H7Cl.C7H6F2.C7H7F.C6H4ClF.6CH4/c1-7-5-4-6-8(2)9(7)3;1-7-5-3-4-6-8(7)2;2*1-6-4-2-3-5-7(6)8;1-5-6(8)3-2-4-7(5)9;1-6-4-2-3-5-7(6)8;7-5-2-1-3-6(8)4-5;;;;;;/h4-6H,1-3H3;3-6H,1-2H3;2*2-5H,1H3;2-4H,1H3;2-5H,1H3;1-4H;6*1H4. The Labute approximate surface area is 406 Å². The van der Waals surface area contributed by atoms with Crippen LogP contribution in [0.3, 0.4) is 0 Å². The lowest BCUT2D eigenvalue weighted by atomic mass is 10.1. The van der Waals surface area contributed by atoms with Crippen molar-refractivity contribution in [2.24, 2.45) is 0 Å². The third-order valence-electron chi connectivity index (χ3n) is 8.52. The SMILES string of the molecule is C.C.C.C.C.C.Cc1c(F)cccc1F.Cc1cccc(C)c1C.Cc1ccccc1Br.Cc1ccccc1C.Cc1ccccc1Cl.Cc1ccccc1F.Fc1cccc(Cl)c1. The molecule has 0 saturated carbocycles. The highest BCUT2D eigenvalue weighted by molar-refractivity contribution is 9.10. The summed E-state index contributed by atoms with van der Waals surface area (Å²) in [4.78, 5) is 0. The molecule has 0 atom stereocenters. The van der Waals surface area contributed by atoms with Gasteiger partial charge in [-0.1, -0.05) is 193 Å². The molecule has 354 valence electrons. The second kappa shape index (κ2) is 39.9. The van der Waals surface area contributed by atoms with Crippen molar-refractivity contribution < 1.29 is 17.6 Å². The fourth-order valence-electron chi connectivity index (χ4n) is 4.25. The van der Waals surface area contributed by atoms with Gasteiger partial charge < -0.3 is 0 Å². The van der Waals surface area contributed by atoms with Gasteiger partial charge in [-0.2, -0.15) is 0 Å². The molecule has 0 saturated heterocycles. The van der Waals surface area contributed by atoms with Crippen LogP contribution >= 0.6 is 39.1 Å². The zero-order chi connectivity index (χ0) is 43.6. The van der Waals surface area contributed by atoms with Crippen LogP contribution in [0.1, 0.15) is 94.6 Å². The third-order valence-corrected chi connectivity index (χ3v) is 10.1. The van der Waals surface area contributed by atoms with Crippen LogP contribution in [-0.4, -0.2) is 0 Å². The first kappa shape index (κ1) is 71.0. The Morgan fingerprint density at radius 1 is 0.328 bits per heavy atom. The third kappa shape index (κ3) is 30.4. The molecule has 7 aromatic carbocycles. The van der Waals surface area contributed by atoms with E-state index in [1.54, 1.807) is 31.2 Å². The highest BCUT2D eigenvalue weighted by Gasteiger charge is 1.99. The largest absolute Gasteiger partial charge is 0.207 e. The summed E-state index contributed by atoms with van der Waals surface area (Å²) in [7, 11) is 0. The second-order valence-electron chi connectivity index (χ2n) is 13.1. The van der Waals surface area contributed by atoms with Crippen molar-refractivity contribution in [2.75, 3.05) is 0 Å². The van der Waals surface area contributed by atoms with Crippen molar-refractivity contribution in [1.82, 2.24) is 0 Å². The van der Waals surface area contributed by atoms with Crippen LogP contribution in [0.4, 0.5) is 17.6 Å². The summed E-state index contributed by atoms with van der Waals surface area (Å²) < 4.78 is 50.3. The Morgan fingerprint density at radius 2 is 0.672 bits per heavy atom. The zero-order valence-corrected chi connectivity index (χ0v) is 37.8. The monoisotopic (exact) mass is 986 g/mol. The lowest BCUT2D eigenvalue weighted by molar-refractivity contribution is 0.568. The number of aryl methyl sites for hydroxylation is 7. The summed E-state index contributed by atoms with van der Waals surface area (Å²) in [6.45, 7) is 17.9. The first-order chi connectivity index (χ1) is 27.4. The van der Waals surface area contributed by atoms with Gasteiger partial charge in [-0.3, -0.25) is 0 Å². The molecule has 0 N–H and O–H groups in total. The van der Waals surface area contributed by atoms with Crippen LogP contribution in [0.15, 0.2) is 162 Å². The minimum atomic E-state index is -0.491. The predicted molar refractivity (Wildman–Crippen MR) is 286 cm³/mol. The van der Waals surface area contributed by atoms with Crippen LogP contribution in [0, 0.1) is 85.6 Å². The van der Waals surface area contributed by atoms with E-state index < -0.39 is 11.6 Å². The predicted octanol–water partition coefficient (Wildman–Crippen LogP) is 21.0. The average Bonchev–Trinajstić information content (AvgIpc) is 3.19. The first-order valence-electron chi connectivity index (χ1n) is 18.4. The lowest BCUT2D eigenvalue weighted by Gasteiger charge is -2.00. The molecule has 7 rings (SSSR count). The Balaban J connectivity index is -0.000000151. The Morgan fingerprint density at radius 3 is 0.938 bits per heavy atom. The van der Waals surface area contributed by atoms with Crippen molar-refractivity contribution in [1.29, 1.82) is 0 Å². The molecule has 0 bridgehead atoms. The van der Waals surface area contributed by atoms with Gasteiger partial charge in [0.25, 0.3) is 0 Å². The first-order valence-corrected chi connectivity index (χ1v) is 20.0. The van der Waals surface area contributed by atoms with Gasteiger partial charge in [-0.25, -0.2) is 17.6 Å². The van der Waals surface area contributed by atoms with Crippen molar-refractivity contribution in [2.45, 2.75) is 107 Å². The normalized spacial score (nSPS) is 8.50. The maximum absolute atomic E-state index is 12.3. The van der Waals surface area contributed by atoms with E-state index in [0.717, 1.165) is 10.6 Å². The molecule has 0 aromatic heterocycles. The smallest absolute Gasteiger partial charge is 0.129 e. The molecule has 7 aromatic rings. The minimum Gasteiger partial charge on any atom is -0.207 e. The zero-order valence-electron chi connectivity index (χ0n) is 34.7. The summed E-state index contributed by atoms with van der Waals surface area (Å²) in [6, 6.07) is 47.0. The Hall–Kier alpha value is -4.68. The summed E-state index contributed by atoms with van der Waals surface area (Å²) in [5.74, 6) is -1.41. The van der Waals surface area contributed by atoms with E-state index >= 15 is 0 Å². The van der Waals surface area contributed by atoms with E-state index in [0.29, 0.717) is 10.6 Å². The Bertz CT molecular complexity index is 1870. The molecule has 0 aliphatic carbocycles. The van der Waals surface area contributed by atoms with E-state index in [9.17, 15) is 17.6 Å². The highest BCUT2D eigenvalue weighted by atomic mass is 79.9. The topological polar surface area (TPSA) is 0 Å². The van der Waals surface area contributed by atoms with Crippen LogP contribution in [0.5, 0.6) is 0 Å². The van der Waals surface area contributed by atoms with Crippen molar-refractivity contribution >= 4 is 39.1 Å². The molecule has 0 amide bonds. The summed E-state index contributed by atoms with van der Waals surface area (Å²) >= 11 is 14.5. The molecule has 0 nitrogen and oxygen atoms in total. The Kier molecular flexibility index (Phi) is 44.2. The van der Waals surface area contributed by atoms with Crippen LogP contribution < -0.4 is 0 Å². The number of benzene rings is 7. The fourth-order valence-corrected chi connectivity index (χ4v) is 4.85. The molecule has 0 aliphatic rings.